The number of nitrogens with zero attached hydrogens (tertiary/aromatic N) is 4. The van der Waals surface area contributed by atoms with Crippen molar-refractivity contribution in [1.82, 2.24) is 20.2 Å². The number of aromatic amines is 1. The fourth-order valence-corrected chi connectivity index (χ4v) is 3.98. The maximum absolute atomic E-state index is 5.75. The van der Waals surface area contributed by atoms with Gasteiger partial charge in [0.05, 0.1) is 5.60 Å². The predicted octanol–water partition coefficient (Wildman–Crippen LogP) is 2.83. The highest BCUT2D eigenvalue weighted by atomic mass is 16.5. The predicted molar refractivity (Wildman–Crippen MR) is 95.2 cm³/mol. The van der Waals surface area contributed by atoms with E-state index in [4.69, 9.17) is 9.72 Å². The first kappa shape index (κ1) is 15.1. The first-order valence-corrected chi connectivity index (χ1v) is 9.21. The SMILES string of the molecule is COC1(C2CCN(c3nccc(Nc4cc(C5CC5)[nH]n4)n3)C2)CC1. The van der Waals surface area contributed by atoms with Gasteiger partial charge < -0.3 is 15.0 Å². The van der Waals surface area contributed by atoms with Gasteiger partial charge in [-0.25, -0.2) is 4.98 Å². The molecule has 2 aromatic rings. The Morgan fingerprint density at radius 1 is 1.28 bits per heavy atom. The van der Waals surface area contributed by atoms with Crippen molar-refractivity contribution in [2.45, 2.75) is 43.6 Å². The van der Waals surface area contributed by atoms with Crippen molar-refractivity contribution >= 4 is 17.6 Å². The first-order valence-electron chi connectivity index (χ1n) is 9.21. The summed E-state index contributed by atoms with van der Waals surface area (Å²) in [6, 6.07) is 3.97. The summed E-state index contributed by atoms with van der Waals surface area (Å²) in [6.45, 7) is 1.97. The topological polar surface area (TPSA) is 79.0 Å². The number of rotatable bonds is 6. The highest BCUT2D eigenvalue weighted by Gasteiger charge is 2.52. The second-order valence-corrected chi connectivity index (χ2v) is 7.55. The van der Waals surface area contributed by atoms with Gasteiger partial charge in [0.25, 0.3) is 0 Å². The van der Waals surface area contributed by atoms with E-state index in [0.29, 0.717) is 11.8 Å². The Morgan fingerprint density at radius 2 is 2.16 bits per heavy atom. The van der Waals surface area contributed by atoms with Crippen LogP contribution in [0.3, 0.4) is 0 Å². The molecule has 25 heavy (non-hydrogen) atoms. The average Bonchev–Trinajstić information content (AvgIpc) is 3.55. The highest BCUT2D eigenvalue weighted by Crippen LogP contribution is 2.49. The molecule has 3 heterocycles. The van der Waals surface area contributed by atoms with E-state index < -0.39 is 0 Å². The molecular weight excluding hydrogens is 316 g/mol. The van der Waals surface area contributed by atoms with Gasteiger partial charge in [0.2, 0.25) is 5.95 Å². The fraction of sp³-hybridized carbons (Fsp3) is 0.611. The summed E-state index contributed by atoms with van der Waals surface area (Å²) in [5, 5.41) is 10.7. The maximum Gasteiger partial charge on any atom is 0.227 e. The third-order valence-corrected chi connectivity index (χ3v) is 5.88. The minimum Gasteiger partial charge on any atom is -0.378 e. The molecule has 132 valence electrons. The van der Waals surface area contributed by atoms with E-state index in [-0.39, 0.29) is 5.60 Å². The molecule has 7 nitrogen and oxygen atoms in total. The van der Waals surface area contributed by atoms with Crippen molar-refractivity contribution in [2.75, 3.05) is 30.4 Å². The van der Waals surface area contributed by atoms with E-state index >= 15 is 0 Å². The molecule has 0 bridgehead atoms. The zero-order chi connectivity index (χ0) is 16.9. The van der Waals surface area contributed by atoms with Gasteiger partial charge in [-0.1, -0.05) is 0 Å². The molecule has 2 aromatic heterocycles. The van der Waals surface area contributed by atoms with Crippen molar-refractivity contribution in [2.24, 2.45) is 5.92 Å². The quantitative estimate of drug-likeness (QED) is 0.842. The van der Waals surface area contributed by atoms with Crippen LogP contribution < -0.4 is 10.2 Å². The van der Waals surface area contributed by atoms with E-state index in [1.54, 1.807) is 0 Å². The van der Waals surface area contributed by atoms with Gasteiger partial charge in [0.15, 0.2) is 5.82 Å². The Bertz CT molecular complexity index is 766. The van der Waals surface area contributed by atoms with Crippen LogP contribution in [0.25, 0.3) is 0 Å². The first-order chi connectivity index (χ1) is 12.3. The van der Waals surface area contributed by atoms with Gasteiger partial charge in [-0.15, -0.1) is 0 Å². The monoisotopic (exact) mass is 340 g/mol. The molecule has 0 radical (unpaired) electrons. The lowest BCUT2D eigenvalue weighted by molar-refractivity contribution is 0.0360. The number of hydrogen-bond acceptors (Lipinski definition) is 6. The van der Waals surface area contributed by atoms with Crippen LogP contribution in [-0.4, -0.2) is 46.0 Å². The molecule has 2 aliphatic carbocycles. The van der Waals surface area contributed by atoms with Crippen LogP contribution >= 0.6 is 0 Å². The van der Waals surface area contributed by atoms with E-state index in [0.717, 1.165) is 37.1 Å². The van der Waals surface area contributed by atoms with E-state index in [1.807, 2.05) is 19.4 Å². The van der Waals surface area contributed by atoms with Crippen molar-refractivity contribution in [1.29, 1.82) is 0 Å². The summed E-state index contributed by atoms with van der Waals surface area (Å²) in [5.74, 6) is 3.65. The van der Waals surface area contributed by atoms with Gasteiger partial charge in [-0.2, -0.15) is 10.1 Å². The minimum atomic E-state index is 0.124. The number of aromatic nitrogens is 4. The van der Waals surface area contributed by atoms with Gasteiger partial charge in [-0.3, -0.25) is 5.10 Å². The molecule has 1 aliphatic heterocycles. The smallest absolute Gasteiger partial charge is 0.227 e. The normalized spacial score (nSPS) is 24.5. The molecule has 0 amide bonds. The van der Waals surface area contributed by atoms with Crippen molar-refractivity contribution in [3.8, 4) is 0 Å². The van der Waals surface area contributed by atoms with Crippen LogP contribution in [-0.2, 0) is 4.74 Å². The number of methoxy groups -OCH3 is 1. The van der Waals surface area contributed by atoms with E-state index in [9.17, 15) is 0 Å². The zero-order valence-electron chi connectivity index (χ0n) is 14.5. The molecule has 5 rings (SSSR count). The summed E-state index contributed by atoms with van der Waals surface area (Å²) in [7, 11) is 1.84. The molecule has 1 unspecified atom stereocenters. The second-order valence-electron chi connectivity index (χ2n) is 7.55. The van der Waals surface area contributed by atoms with Gasteiger partial charge in [0, 0.05) is 50.0 Å². The van der Waals surface area contributed by atoms with Crippen molar-refractivity contribution < 1.29 is 4.74 Å². The Hall–Kier alpha value is -2.15. The molecule has 1 atom stereocenters. The van der Waals surface area contributed by atoms with Crippen LogP contribution in [0.5, 0.6) is 0 Å². The molecule has 7 heteroatoms. The van der Waals surface area contributed by atoms with Crippen LogP contribution in [0, 0.1) is 5.92 Å². The number of hydrogen-bond donors (Lipinski definition) is 2. The van der Waals surface area contributed by atoms with Crippen LogP contribution in [0.2, 0.25) is 0 Å². The average molecular weight is 340 g/mol. The van der Waals surface area contributed by atoms with Crippen LogP contribution in [0.4, 0.5) is 17.6 Å². The molecule has 2 saturated carbocycles. The fourth-order valence-electron chi connectivity index (χ4n) is 3.98. The van der Waals surface area contributed by atoms with Crippen molar-refractivity contribution in [3.63, 3.8) is 0 Å². The summed E-state index contributed by atoms with van der Waals surface area (Å²) in [6.07, 6.45) is 7.87. The third-order valence-electron chi connectivity index (χ3n) is 5.88. The lowest BCUT2D eigenvalue weighted by Crippen LogP contribution is -2.29. The lowest BCUT2D eigenvalue weighted by Gasteiger charge is -2.22. The molecular formula is C18H24N6O. The Kier molecular flexibility index (Phi) is 3.45. The summed E-state index contributed by atoms with van der Waals surface area (Å²) < 4.78 is 5.75. The summed E-state index contributed by atoms with van der Waals surface area (Å²) in [4.78, 5) is 11.4. The Balaban J connectivity index is 1.28. The van der Waals surface area contributed by atoms with Crippen LogP contribution in [0.1, 0.15) is 43.7 Å². The summed E-state index contributed by atoms with van der Waals surface area (Å²) in [5.41, 5.74) is 1.34. The Morgan fingerprint density at radius 3 is 2.92 bits per heavy atom. The third kappa shape index (κ3) is 2.86. The van der Waals surface area contributed by atoms with E-state index in [2.05, 4.69) is 31.5 Å². The largest absolute Gasteiger partial charge is 0.378 e. The molecule has 3 aliphatic rings. The number of H-pyrrole nitrogens is 1. The molecule has 1 saturated heterocycles. The maximum atomic E-state index is 5.75. The van der Waals surface area contributed by atoms with Gasteiger partial charge >= 0.3 is 0 Å². The van der Waals surface area contributed by atoms with Gasteiger partial charge in [-0.05, 0) is 38.2 Å². The van der Waals surface area contributed by atoms with Crippen LogP contribution in [0.15, 0.2) is 18.3 Å². The standard InChI is InChI=1S/C18H24N6O/c1-25-18(6-7-18)13-5-9-24(11-13)17-19-8-4-15(21-17)20-16-10-14(22-23-16)12-2-3-12/h4,8,10,12-13H,2-3,5-7,9,11H2,1H3,(H2,19,20,21,22,23). The molecule has 3 fully saturated rings. The van der Waals surface area contributed by atoms with Gasteiger partial charge in [0.1, 0.15) is 5.82 Å². The molecule has 2 N–H and O–H groups in total. The number of ether oxygens (including phenoxy) is 1. The molecule has 0 aromatic carbocycles. The highest BCUT2D eigenvalue weighted by molar-refractivity contribution is 5.54. The lowest BCUT2D eigenvalue weighted by atomic mass is 9.99. The summed E-state index contributed by atoms with van der Waals surface area (Å²) >= 11 is 0. The Labute approximate surface area is 147 Å². The number of nitrogens with one attached hydrogen (secondary N) is 2. The second kappa shape index (κ2) is 5.69. The van der Waals surface area contributed by atoms with E-state index in [1.165, 1.54) is 31.4 Å². The minimum absolute atomic E-state index is 0.124. The molecule has 0 spiro atoms. The van der Waals surface area contributed by atoms with Crippen molar-refractivity contribution in [3.05, 3.63) is 24.0 Å². The zero-order valence-corrected chi connectivity index (χ0v) is 14.5. The number of anilines is 3.